The number of nitrogens with one attached hydrogen (secondary N) is 3. The number of pyridine rings is 2. The smallest absolute Gasteiger partial charge is 0.310 e. The van der Waals surface area contributed by atoms with Crippen molar-refractivity contribution < 1.29 is 19.4 Å². The van der Waals surface area contributed by atoms with Gasteiger partial charge in [0.05, 0.1) is 28.3 Å². The number of carboxylic acid groups (broad SMARTS) is 1. The van der Waals surface area contributed by atoms with E-state index < -0.39 is 11.4 Å². The van der Waals surface area contributed by atoms with E-state index >= 15 is 0 Å². The van der Waals surface area contributed by atoms with Gasteiger partial charge in [-0.3, -0.25) is 18.8 Å². The third-order valence-corrected chi connectivity index (χ3v) is 9.85. The van der Waals surface area contributed by atoms with Gasteiger partial charge in [0.25, 0.3) is 5.56 Å². The number of carbonyl (C=O) groups excluding carboxylic acids is 1. The molecular formula is C38H38Cl2N6O5. The Morgan fingerprint density at radius 2 is 1.67 bits per heavy atom. The molecule has 3 aromatic heterocycles. The number of aliphatic carboxylic acids is 1. The first-order valence-corrected chi connectivity index (χ1v) is 17.3. The van der Waals surface area contributed by atoms with Crippen LogP contribution in [-0.4, -0.2) is 57.6 Å². The lowest BCUT2D eigenvalue weighted by atomic mass is 9.94. The Labute approximate surface area is 305 Å². The van der Waals surface area contributed by atoms with Gasteiger partial charge in [-0.05, 0) is 44.0 Å². The van der Waals surface area contributed by atoms with Crippen molar-refractivity contribution in [2.45, 2.75) is 45.8 Å². The summed E-state index contributed by atoms with van der Waals surface area (Å²) in [6, 6.07) is 19.0. The molecule has 1 saturated heterocycles. The predicted octanol–water partition coefficient (Wildman–Crippen LogP) is 5.97. The molecule has 0 aliphatic carbocycles. The first kappa shape index (κ1) is 36.0. The van der Waals surface area contributed by atoms with Crippen LogP contribution in [0.3, 0.4) is 0 Å². The lowest BCUT2D eigenvalue weighted by Gasteiger charge is -2.19. The fourth-order valence-corrected chi connectivity index (χ4v) is 6.69. The number of hydrogen-bond acceptors (Lipinski definition) is 8. The quantitative estimate of drug-likeness (QED) is 0.115. The van der Waals surface area contributed by atoms with E-state index in [1.807, 2.05) is 48.5 Å². The molecule has 11 nitrogen and oxygen atoms in total. The highest BCUT2D eigenvalue weighted by Gasteiger charge is 2.26. The van der Waals surface area contributed by atoms with Crippen LogP contribution in [0.15, 0.2) is 77.9 Å². The zero-order valence-electron chi connectivity index (χ0n) is 28.4. The van der Waals surface area contributed by atoms with Gasteiger partial charge in [0, 0.05) is 84.4 Å². The van der Waals surface area contributed by atoms with Crippen LogP contribution in [0.2, 0.25) is 10.0 Å². The van der Waals surface area contributed by atoms with E-state index in [4.69, 9.17) is 32.9 Å². The largest absolute Gasteiger partial charge is 0.481 e. The SMILES string of the molecule is COc1nc(-c2cccc(-c3cccc(-c4ccn5c(=O)c(CNCC(C)(C)C(=O)O)cnc5c4)c3Cl)c2Cl)ccc1CNCC1CCC(=O)N1. The molecular weight excluding hydrogens is 691 g/mol. The molecule has 0 bridgehead atoms. The van der Waals surface area contributed by atoms with Gasteiger partial charge in [-0.15, -0.1) is 0 Å². The van der Waals surface area contributed by atoms with Crippen LogP contribution in [0.4, 0.5) is 0 Å². The first-order valence-electron chi connectivity index (χ1n) is 16.5. The van der Waals surface area contributed by atoms with E-state index in [0.717, 1.165) is 34.2 Å². The van der Waals surface area contributed by atoms with Crippen molar-refractivity contribution in [3.05, 3.63) is 105 Å². The van der Waals surface area contributed by atoms with Crippen LogP contribution in [0.1, 0.15) is 37.8 Å². The van der Waals surface area contributed by atoms with Crippen LogP contribution in [0.5, 0.6) is 5.88 Å². The lowest BCUT2D eigenvalue weighted by Crippen LogP contribution is -2.36. The molecule has 4 N–H and O–H groups in total. The van der Waals surface area contributed by atoms with Gasteiger partial charge in [0.1, 0.15) is 5.65 Å². The van der Waals surface area contributed by atoms with Gasteiger partial charge >= 0.3 is 5.97 Å². The van der Waals surface area contributed by atoms with E-state index in [-0.39, 0.29) is 30.6 Å². The molecule has 13 heteroatoms. The maximum atomic E-state index is 13.2. The molecule has 1 aliphatic rings. The number of aromatic nitrogens is 3. The number of rotatable bonds is 13. The second-order valence-corrected chi connectivity index (χ2v) is 13.9. The minimum Gasteiger partial charge on any atom is -0.481 e. The zero-order chi connectivity index (χ0) is 36.3. The number of amides is 1. The summed E-state index contributed by atoms with van der Waals surface area (Å²) >= 11 is 14.2. The van der Waals surface area contributed by atoms with Gasteiger partial charge in [0.2, 0.25) is 11.8 Å². The van der Waals surface area contributed by atoms with E-state index in [9.17, 15) is 19.5 Å². The maximum absolute atomic E-state index is 13.2. The highest BCUT2D eigenvalue weighted by atomic mass is 35.5. The molecule has 1 unspecified atom stereocenters. The van der Waals surface area contributed by atoms with Crippen LogP contribution >= 0.6 is 23.2 Å². The molecule has 6 rings (SSSR count). The molecule has 5 aromatic rings. The number of fused-ring (bicyclic) bond motifs is 1. The first-order chi connectivity index (χ1) is 24.5. The Bertz CT molecular complexity index is 2190. The Morgan fingerprint density at radius 1 is 0.980 bits per heavy atom. The number of halogens is 2. The summed E-state index contributed by atoms with van der Waals surface area (Å²) in [5.41, 5.74) is 4.84. The van der Waals surface area contributed by atoms with E-state index in [1.165, 1.54) is 10.6 Å². The summed E-state index contributed by atoms with van der Waals surface area (Å²) in [5.74, 6) is -0.358. The number of nitrogens with zero attached hydrogens (tertiary/aromatic N) is 3. The fraction of sp³-hybridized carbons (Fsp3) is 0.289. The summed E-state index contributed by atoms with van der Waals surface area (Å²) in [7, 11) is 1.58. The van der Waals surface area contributed by atoms with Crippen molar-refractivity contribution in [2.24, 2.45) is 5.41 Å². The van der Waals surface area contributed by atoms with E-state index in [1.54, 1.807) is 39.3 Å². The molecule has 51 heavy (non-hydrogen) atoms. The van der Waals surface area contributed by atoms with Crippen molar-refractivity contribution in [2.75, 3.05) is 20.2 Å². The molecule has 0 spiro atoms. The van der Waals surface area contributed by atoms with Gasteiger partial charge in [-0.1, -0.05) is 65.7 Å². The van der Waals surface area contributed by atoms with Crippen molar-refractivity contribution >= 4 is 40.7 Å². The molecule has 0 radical (unpaired) electrons. The third kappa shape index (κ3) is 7.77. The highest BCUT2D eigenvalue weighted by molar-refractivity contribution is 6.39. The monoisotopic (exact) mass is 728 g/mol. The van der Waals surface area contributed by atoms with E-state index in [2.05, 4.69) is 20.9 Å². The molecule has 264 valence electrons. The van der Waals surface area contributed by atoms with Crippen molar-refractivity contribution in [3.63, 3.8) is 0 Å². The van der Waals surface area contributed by atoms with Crippen molar-refractivity contribution in [1.29, 1.82) is 0 Å². The molecule has 1 atom stereocenters. The molecule has 0 saturated carbocycles. The highest BCUT2D eigenvalue weighted by Crippen LogP contribution is 2.42. The second-order valence-electron chi connectivity index (χ2n) is 13.2. The van der Waals surface area contributed by atoms with Crippen LogP contribution in [0.25, 0.3) is 39.2 Å². The van der Waals surface area contributed by atoms with Gasteiger partial charge < -0.3 is 25.8 Å². The second kappa shape index (κ2) is 15.2. The normalized spacial score (nSPS) is 14.5. The van der Waals surface area contributed by atoms with E-state index in [0.29, 0.717) is 57.9 Å². The van der Waals surface area contributed by atoms with Crippen molar-refractivity contribution in [1.82, 2.24) is 30.3 Å². The van der Waals surface area contributed by atoms with Gasteiger partial charge in [-0.2, -0.15) is 0 Å². The molecule has 4 heterocycles. The van der Waals surface area contributed by atoms with Gasteiger partial charge in [0.15, 0.2) is 0 Å². The average Bonchev–Trinajstić information content (AvgIpc) is 3.54. The topological polar surface area (TPSA) is 147 Å². The lowest BCUT2D eigenvalue weighted by molar-refractivity contribution is -0.146. The van der Waals surface area contributed by atoms with Crippen LogP contribution in [0, 0.1) is 5.41 Å². The molecule has 1 fully saturated rings. The number of ether oxygens (including phenoxy) is 1. The minimum atomic E-state index is -0.972. The Hall–Kier alpha value is -4.81. The molecule has 1 aliphatic heterocycles. The van der Waals surface area contributed by atoms with Crippen LogP contribution < -0.4 is 26.2 Å². The predicted molar refractivity (Wildman–Crippen MR) is 198 cm³/mol. The Balaban J connectivity index is 1.23. The third-order valence-electron chi connectivity index (χ3n) is 9.04. The van der Waals surface area contributed by atoms with Gasteiger partial charge in [-0.25, -0.2) is 9.97 Å². The molecule has 2 aromatic carbocycles. The Kier molecular flexibility index (Phi) is 10.7. The summed E-state index contributed by atoms with van der Waals surface area (Å²) in [6.07, 6.45) is 4.55. The summed E-state index contributed by atoms with van der Waals surface area (Å²) < 4.78 is 7.09. The minimum absolute atomic E-state index is 0.0858. The Morgan fingerprint density at radius 3 is 2.35 bits per heavy atom. The number of carboxylic acids is 1. The number of hydrogen-bond donors (Lipinski definition) is 4. The van der Waals surface area contributed by atoms with Crippen LogP contribution in [-0.2, 0) is 22.7 Å². The fourth-order valence-electron chi connectivity index (χ4n) is 6.03. The zero-order valence-corrected chi connectivity index (χ0v) is 29.9. The summed E-state index contributed by atoms with van der Waals surface area (Å²) in [6.45, 7) is 4.82. The summed E-state index contributed by atoms with van der Waals surface area (Å²) in [5, 5.41) is 19.7. The standard InChI is InChI=1S/C38H38Cl2N6O5/c1-38(2,37(49)50)21-42-18-24-19-43-31-16-22(14-15-46(31)36(24)48)26-6-4-7-27(33(26)39)28-8-5-9-29(34(28)40)30-12-10-23(35(45-30)51-3)17-41-20-25-11-13-32(47)44-25/h4-10,12,14-16,19,25,41-42H,11,13,17-18,20-21H2,1-3H3,(H,44,47)(H,49,50). The maximum Gasteiger partial charge on any atom is 0.310 e. The summed E-state index contributed by atoms with van der Waals surface area (Å²) in [4.78, 5) is 45.4. The van der Waals surface area contributed by atoms with Crippen molar-refractivity contribution in [3.8, 4) is 39.4 Å². The number of methoxy groups -OCH3 is 1. The number of carbonyl (C=O) groups is 2. The molecule has 1 amide bonds. The average molecular weight is 730 g/mol. The number of benzene rings is 2.